The number of hydrogen-bond acceptors (Lipinski definition) is 5. The number of halogens is 4. The van der Waals surface area contributed by atoms with Gasteiger partial charge in [0.1, 0.15) is 11.6 Å². The number of alkyl halides is 3. The molecule has 3 rings (SSSR count). The Morgan fingerprint density at radius 3 is 2.19 bits per heavy atom. The lowest BCUT2D eigenvalue weighted by atomic mass is 10.2. The molecule has 1 aromatic carbocycles. The standard InChI is InChI=1S/C18H21F4N5/c1-25(2)16-12-15(18(20,21)22)23-17(24-16)27-9-3-8-26(10-11-27)14-6-4-13(19)5-7-14/h4-7,12H,3,8-11H2,1-2H3. The second-order valence-corrected chi connectivity index (χ2v) is 6.61. The minimum Gasteiger partial charge on any atom is -0.370 e. The van der Waals surface area contributed by atoms with E-state index < -0.39 is 11.9 Å². The van der Waals surface area contributed by atoms with Crippen LogP contribution in [0.5, 0.6) is 0 Å². The van der Waals surface area contributed by atoms with Gasteiger partial charge in [-0.25, -0.2) is 9.37 Å². The highest BCUT2D eigenvalue weighted by atomic mass is 19.4. The number of benzene rings is 1. The van der Waals surface area contributed by atoms with E-state index in [0.29, 0.717) is 19.6 Å². The predicted octanol–water partition coefficient (Wildman–Crippen LogP) is 3.42. The van der Waals surface area contributed by atoms with Crippen LogP contribution < -0.4 is 14.7 Å². The van der Waals surface area contributed by atoms with Crippen molar-refractivity contribution in [3.05, 3.63) is 41.8 Å². The van der Waals surface area contributed by atoms with Crippen LogP contribution in [0.4, 0.5) is 35.0 Å². The van der Waals surface area contributed by atoms with Crippen LogP contribution in [-0.4, -0.2) is 50.2 Å². The molecule has 1 aliphatic rings. The van der Waals surface area contributed by atoms with Crippen LogP contribution in [-0.2, 0) is 6.18 Å². The van der Waals surface area contributed by atoms with Gasteiger partial charge in [0.15, 0.2) is 5.69 Å². The molecule has 0 amide bonds. The van der Waals surface area contributed by atoms with Gasteiger partial charge >= 0.3 is 6.18 Å². The summed E-state index contributed by atoms with van der Waals surface area (Å²) in [5, 5.41) is 0. The first kappa shape index (κ1) is 19.2. The molecule has 0 bridgehead atoms. The Morgan fingerprint density at radius 1 is 0.926 bits per heavy atom. The van der Waals surface area contributed by atoms with Gasteiger partial charge in [0.25, 0.3) is 0 Å². The van der Waals surface area contributed by atoms with Crippen LogP contribution in [0.2, 0.25) is 0 Å². The van der Waals surface area contributed by atoms with E-state index in [-0.39, 0.29) is 17.6 Å². The van der Waals surface area contributed by atoms with E-state index >= 15 is 0 Å². The summed E-state index contributed by atoms with van der Waals surface area (Å²) >= 11 is 0. The lowest BCUT2D eigenvalue weighted by Crippen LogP contribution is -2.32. The van der Waals surface area contributed by atoms with Crippen molar-refractivity contribution in [1.29, 1.82) is 0 Å². The van der Waals surface area contributed by atoms with Crippen molar-refractivity contribution in [2.45, 2.75) is 12.6 Å². The van der Waals surface area contributed by atoms with E-state index in [4.69, 9.17) is 0 Å². The highest BCUT2D eigenvalue weighted by Gasteiger charge is 2.34. The van der Waals surface area contributed by atoms with Crippen molar-refractivity contribution < 1.29 is 17.6 Å². The molecule has 1 saturated heterocycles. The molecule has 146 valence electrons. The first-order chi connectivity index (χ1) is 12.7. The molecule has 0 saturated carbocycles. The van der Waals surface area contributed by atoms with Crippen molar-refractivity contribution >= 4 is 17.5 Å². The van der Waals surface area contributed by atoms with Gasteiger partial charge in [0.2, 0.25) is 5.95 Å². The number of nitrogens with zero attached hydrogens (tertiary/aromatic N) is 5. The first-order valence-electron chi connectivity index (χ1n) is 8.63. The summed E-state index contributed by atoms with van der Waals surface area (Å²) in [5.41, 5.74) is -0.0620. The highest BCUT2D eigenvalue weighted by molar-refractivity contribution is 5.49. The number of hydrogen-bond donors (Lipinski definition) is 0. The molecule has 27 heavy (non-hydrogen) atoms. The molecule has 0 aliphatic carbocycles. The lowest BCUT2D eigenvalue weighted by Gasteiger charge is -2.25. The minimum absolute atomic E-state index is 0.0782. The summed E-state index contributed by atoms with van der Waals surface area (Å²) in [7, 11) is 3.29. The van der Waals surface area contributed by atoms with Crippen LogP contribution in [0.15, 0.2) is 30.3 Å². The Balaban J connectivity index is 1.82. The third-order valence-electron chi connectivity index (χ3n) is 4.42. The molecule has 9 heteroatoms. The van der Waals surface area contributed by atoms with Crippen molar-refractivity contribution in [2.75, 3.05) is 55.0 Å². The van der Waals surface area contributed by atoms with Crippen LogP contribution in [0.3, 0.4) is 0 Å². The quantitative estimate of drug-likeness (QED) is 0.759. The largest absolute Gasteiger partial charge is 0.433 e. The predicted molar refractivity (Wildman–Crippen MR) is 96.8 cm³/mol. The number of rotatable bonds is 3. The molecule has 1 fully saturated rings. The maximum absolute atomic E-state index is 13.2. The maximum atomic E-state index is 13.2. The molecule has 2 heterocycles. The van der Waals surface area contributed by atoms with Gasteiger partial charge in [-0.15, -0.1) is 0 Å². The smallest absolute Gasteiger partial charge is 0.370 e. The van der Waals surface area contributed by atoms with Gasteiger partial charge in [0.05, 0.1) is 0 Å². The van der Waals surface area contributed by atoms with Gasteiger partial charge in [0, 0.05) is 52.0 Å². The molecular formula is C18H21F4N5. The van der Waals surface area contributed by atoms with Gasteiger partial charge in [-0.1, -0.05) is 0 Å². The zero-order chi connectivity index (χ0) is 19.6. The van der Waals surface area contributed by atoms with Gasteiger partial charge in [-0.3, -0.25) is 0 Å². The zero-order valence-corrected chi connectivity index (χ0v) is 15.2. The molecule has 1 aromatic heterocycles. The Hall–Kier alpha value is -2.58. The Morgan fingerprint density at radius 2 is 1.56 bits per heavy atom. The Kier molecular flexibility index (Phi) is 5.38. The summed E-state index contributed by atoms with van der Waals surface area (Å²) < 4.78 is 52.7. The molecule has 0 unspecified atom stereocenters. The van der Waals surface area contributed by atoms with Gasteiger partial charge in [-0.2, -0.15) is 18.2 Å². The molecule has 0 atom stereocenters. The summed E-state index contributed by atoms with van der Waals surface area (Å²) in [4.78, 5) is 13.4. The summed E-state index contributed by atoms with van der Waals surface area (Å²) in [6.45, 7) is 2.33. The van der Waals surface area contributed by atoms with Crippen LogP contribution in [0.1, 0.15) is 12.1 Å². The minimum atomic E-state index is -4.53. The summed E-state index contributed by atoms with van der Waals surface area (Å²) in [5.74, 6) is -0.00905. The van der Waals surface area contributed by atoms with E-state index in [1.807, 2.05) is 0 Å². The summed E-state index contributed by atoms with van der Waals surface area (Å²) in [6, 6.07) is 7.16. The molecule has 0 N–H and O–H groups in total. The number of anilines is 3. The highest BCUT2D eigenvalue weighted by Crippen LogP contribution is 2.31. The fourth-order valence-corrected chi connectivity index (χ4v) is 2.97. The average Bonchev–Trinajstić information content (AvgIpc) is 2.87. The van der Waals surface area contributed by atoms with Crippen molar-refractivity contribution in [3.8, 4) is 0 Å². The monoisotopic (exact) mass is 383 g/mol. The SMILES string of the molecule is CN(C)c1cc(C(F)(F)F)nc(N2CCCN(c3ccc(F)cc3)CC2)n1. The summed E-state index contributed by atoms with van der Waals surface area (Å²) in [6.07, 6.45) is -3.80. The average molecular weight is 383 g/mol. The van der Waals surface area contributed by atoms with Crippen molar-refractivity contribution in [2.24, 2.45) is 0 Å². The normalized spacial score (nSPS) is 15.6. The van der Waals surface area contributed by atoms with Gasteiger partial charge < -0.3 is 14.7 Å². The molecule has 5 nitrogen and oxygen atoms in total. The van der Waals surface area contributed by atoms with Crippen LogP contribution in [0.25, 0.3) is 0 Å². The Bertz CT molecular complexity index is 776. The zero-order valence-electron chi connectivity index (χ0n) is 15.2. The fourth-order valence-electron chi connectivity index (χ4n) is 2.97. The van der Waals surface area contributed by atoms with Crippen LogP contribution in [0, 0.1) is 5.82 Å². The first-order valence-corrected chi connectivity index (χ1v) is 8.63. The van der Waals surface area contributed by atoms with E-state index in [1.54, 1.807) is 31.1 Å². The van der Waals surface area contributed by atoms with E-state index in [2.05, 4.69) is 14.9 Å². The second-order valence-electron chi connectivity index (χ2n) is 6.61. The molecule has 1 aliphatic heterocycles. The fraction of sp³-hybridized carbons (Fsp3) is 0.444. The third kappa shape index (κ3) is 4.58. The second kappa shape index (κ2) is 7.58. The van der Waals surface area contributed by atoms with Crippen molar-refractivity contribution in [3.63, 3.8) is 0 Å². The molecule has 0 spiro atoms. The van der Waals surface area contributed by atoms with E-state index in [0.717, 1.165) is 24.7 Å². The molecule has 0 radical (unpaired) electrons. The van der Waals surface area contributed by atoms with Crippen molar-refractivity contribution in [1.82, 2.24) is 9.97 Å². The third-order valence-corrected chi connectivity index (χ3v) is 4.42. The topological polar surface area (TPSA) is 35.5 Å². The van der Waals surface area contributed by atoms with Gasteiger partial charge in [-0.05, 0) is 30.7 Å². The van der Waals surface area contributed by atoms with E-state index in [9.17, 15) is 17.6 Å². The Labute approximate surface area is 155 Å². The number of aromatic nitrogens is 2. The van der Waals surface area contributed by atoms with Crippen LogP contribution >= 0.6 is 0 Å². The lowest BCUT2D eigenvalue weighted by molar-refractivity contribution is -0.141. The molecular weight excluding hydrogens is 362 g/mol. The van der Waals surface area contributed by atoms with E-state index in [1.165, 1.54) is 17.0 Å². The maximum Gasteiger partial charge on any atom is 0.433 e. The molecule has 2 aromatic rings.